The number of hydrogen-bond acceptors (Lipinski definition) is 6. The molecule has 1 amide bonds. The third kappa shape index (κ3) is 4.39. The van der Waals surface area contributed by atoms with E-state index in [0.29, 0.717) is 29.1 Å². The first-order chi connectivity index (χ1) is 18.0. The van der Waals surface area contributed by atoms with Gasteiger partial charge in [0.05, 0.1) is 29.7 Å². The molecule has 8 nitrogen and oxygen atoms in total. The van der Waals surface area contributed by atoms with E-state index in [0.717, 1.165) is 0 Å². The van der Waals surface area contributed by atoms with Gasteiger partial charge in [-0.1, -0.05) is 60.1 Å². The van der Waals surface area contributed by atoms with Crippen molar-refractivity contribution < 1.29 is 19.0 Å². The number of H-pyrrole nitrogens is 1. The second-order valence-corrected chi connectivity index (χ2v) is 9.96. The van der Waals surface area contributed by atoms with Crippen LogP contribution < -0.4 is 4.74 Å². The number of carbonyl (C=O) groups is 1. The van der Waals surface area contributed by atoms with E-state index in [-0.39, 0.29) is 48.4 Å². The SMILES string of the molecule is CO[C@H]1CN(C(=O)OCC2c3ccccc3-c3ccccc32)C[C@@H]1COc1nc(Cl)nc2[nH]cc(Cl)c12. The quantitative estimate of drug-likeness (QED) is 0.324. The van der Waals surface area contributed by atoms with Crippen LogP contribution in [0.2, 0.25) is 10.3 Å². The molecule has 3 heterocycles. The molecule has 0 bridgehead atoms. The lowest BCUT2D eigenvalue weighted by molar-refractivity contribution is 0.0584. The van der Waals surface area contributed by atoms with Crippen molar-refractivity contribution in [2.24, 2.45) is 5.92 Å². The van der Waals surface area contributed by atoms with E-state index in [1.54, 1.807) is 18.2 Å². The predicted octanol–water partition coefficient (Wildman–Crippen LogP) is 5.54. The molecule has 0 unspecified atom stereocenters. The first-order valence-electron chi connectivity index (χ1n) is 12.0. The van der Waals surface area contributed by atoms with Crippen LogP contribution in [0.3, 0.4) is 0 Å². The van der Waals surface area contributed by atoms with Gasteiger partial charge in [-0.3, -0.25) is 0 Å². The maximum atomic E-state index is 13.1. The summed E-state index contributed by atoms with van der Waals surface area (Å²) in [6, 6.07) is 16.5. The molecule has 1 saturated heterocycles. The van der Waals surface area contributed by atoms with Gasteiger partial charge in [-0.05, 0) is 33.9 Å². The molecule has 2 aromatic carbocycles. The van der Waals surface area contributed by atoms with Crippen LogP contribution in [-0.2, 0) is 9.47 Å². The molecular formula is C27H24Cl2N4O4. The highest BCUT2D eigenvalue weighted by Crippen LogP contribution is 2.44. The Morgan fingerprint density at radius 3 is 2.43 bits per heavy atom. The molecule has 37 heavy (non-hydrogen) atoms. The minimum atomic E-state index is -0.368. The average molecular weight is 539 g/mol. The highest BCUT2D eigenvalue weighted by molar-refractivity contribution is 6.36. The summed E-state index contributed by atoms with van der Waals surface area (Å²) in [6.45, 7) is 1.37. The van der Waals surface area contributed by atoms with Crippen LogP contribution in [-0.4, -0.2) is 65.5 Å². The topological polar surface area (TPSA) is 89.6 Å². The van der Waals surface area contributed by atoms with Gasteiger partial charge in [0.15, 0.2) is 0 Å². The number of hydrogen-bond donors (Lipinski definition) is 1. The number of carbonyl (C=O) groups excluding carboxylic acids is 1. The molecule has 2 aromatic heterocycles. The zero-order chi connectivity index (χ0) is 25.5. The molecule has 1 fully saturated rings. The van der Waals surface area contributed by atoms with E-state index in [1.807, 2.05) is 24.3 Å². The number of halogens is 2. The largest absolute Gasteiger partial charge is 0.477 e. The van der Waals surface area contributed by atoms with Crippen LogP contribution in [0, 0.1) is 5.92 Å². The number of rotatable bonds is 6. The van der Waals surface area contributed by atoms with Gasteiger partial charge in [-0.2, -0.15) is 9.97 Å². The normalized spacial score (nSPS) is 18.7. The third-order valence-corrected chi connectivity index (χ3v) is 7.60. The summed E-state index contributed by atoms with van der Waals surface area (Å²) in [7, 11) is 1.63. The zero-order valence-electron chi connectivity index (χ0n) is 20.0. The van der Waals surface area contributed by atoms with Gasteiger partial charge in [0.25, 0.3) is 0 Å². The van der Waals surface area contributed by atoms with Crippen molar-refractivity contribution in [2.45, 2.75) is 12.0 Å². The van der Waals surface area contributed by atoms with Gasteiger partial charge in [-0.15, -0.1) is 0 Å². The lowest BCUT2D eigenvalue weighted by Crippen LogP contribution is -2.31. The van der Waals surface area contributed by atoms with Gasteiger partial charge in [0, 0.05) is 31.7 Å². The van der Waals surface area contributed by atoms with Gasteiger partial charge < -0.3 is 24.1 Å². The highest BCUT2D eigenvalue weighted by atomic mass is 35.5. The number of methoxy groups -OCH3 is 1. The van der Waals surface area contributed by atoms with Gasteiger partial charge in [0.1, 0.15) is 12.3 Å². The zero-order valence-corrected chi connectivity index (χ0v) is 21.5. The fraction of sp³-hybridized carbons (Fsp3) is 0.296. The van der Waals surface area contributed by atoms with Crippen molar-refractivity contribution >= 4 is 40.3 Å². The molecule has 10 heteroatoms. The lowest BCUT2D eigenvalue weighted by atomic mass is 9.98. The van der Waals surface area contributed by atoms with E-state index < -0.39 is 0 Å². The molecular weight excluding hydrogens is 515 g/mol. The Labute approximate surface area is 223 Å². The Hall–Kier alpha value is -3.33. The number of amides is 1. The summed E-state index contributed by atoms with van der Waals surface area (Å²) in [5, 5.41) is 1.05. The van der Waals surface area contributed by atoms with Crippen LogP contribution >= 0.6 is 23.2 Å². The maximum Gasteiger partial charge on any atom is 0.409 e. The number of fused-ring (bicyclic) bond motifs is 4. The summed E-state index contributed by atoms with van der Waals surface area (Å²) < 4.78 is 17.5. The van der Waals surface area contributed by atoms with E-state index in [1.165, 1.54) is 22.3 Å². The van der Waals surface area contributed by atoms with Crippen LogP contribution in [0.15, 0.2) is 54.7 Å². The third-order valence-electron chi connectivity index (χ3n) is 7.14. The Morgan fingerprint density at radius 2 is 1.73 bits per heavy atom. The Morgan fingerprint density at radius 1 is 1.03 bits per heavy atom. The minimum absolute atomic E-state index is 0.00678. The molecule has 6 rings (SSSR count). The number of aromatic nitrogens is 3. The van der Waals surface area contributed by atoms with Gasteiger partial charge in [0.2, 0.25) is 11.2 Å². The minimum Gasteiger partial charge on any atom is -0.477 e. The number of benzene rings is 2. The Bertz CT molecular complexity index is 1430. The summed E-state index contributed by atoms with van der Waals surface area (Å²) >= 11 is 12.3. The fourth-order valence-corrected chi connectivity index (χ4v) is 5.72. The second-order valence-electron chi connectivity index (χ2n) is 9.21. The van der Waals surface area contributed by atoms with Crippen LogP contribution in [0.5, 0.6) is 5.88 Å². The van der Waals surface area contributed by atoms with Crippen LogP contribution in [0.25, 0.3) is 22.2 Å². The van der Waals surface area contributed by atoms with Crippen molar-refractivity contribution in [1.82, 2.24) is 19.9 Å². The van der Waals surface area contributed by atoms with Gasteiger partial charge in [-0.25, -0.2) is 4.79 Å². The van der Waals surface area contributed by atoms with Crippen LogP contribution in [0.4, 0.5) is 4.79 Å². The first kappa shape index (κ1) is 24.0. The van der Waals surface area contributed by atoms with Crippen molar-refractivity contribution in [2.75, 3.05) is 33.4 Å². The molecule has 0 spiro atoms. The van der Waals surface area contributed by atoms with Crippen molar-refractivity contribution in [3.63, 3.8) is 0 Å². The first-order valence-corrected chi connectivity index (χ1v) is 12.7. The highest BCUT2D eigenvalue weighted by Gasteiger charge is 2.38. The smallest absolute Gasteiger partial charge is 0.409 e. The molecule has 2 aliphatic rings. The Kier molecular flexibility index (Phi) is 6.40. The Balaban J connectivity index is 1.12. The molecule has 190 valence electrons. The number of ether oxygens (including phenoxy) is 3. The lowest BCUT2D eigenvalue weighted by Gasteiger charge is -2.19. The van der Waals surface area contributed by atoms with Crippen molar-refractivity contribution in [1.29, 1.82) is 0 Å². The summed E-state index contributed by atoms with van der Waals surface area (Å²) in [5.74, 6) is 0.204. The molecule has 2 atom stereocenters. The van der Waals surface area contributed by atoms with Gasteiger partial charge >= 0.3 is 6.09 Å². The molecule has 0 saturated carbocycles. The summed E-state index contributed by atoms with van der Waals surface area (Å²) in [5.41, 5.74) is 5.24. The molecule has 4 aromatic rings. The van der Waals surface area contributed by atoms with E-state index >= 15 is 0 Å². The number of likely N-dealkylation sites (tertiary alicyclic amines) is 1. The average Bonchev–Trinajstić information content (AvgIpc) is 3.59. The standard InChI is InChI=1S/C27H24Cl2N4O4/c1-35-22-12-33(11-15(22)13-36-25-23-21(28)10-30-24(23)31-26(29)32-25)27(34)37-14-20-18-8-4-2-6-16(18)17-7-3-5-9-19(17)20/h2-10,15,20,22H,11-14H2,1H3,(H,30,31,32)/t15-,22+/m1/s1. The van der Waals surface area contributed by atoms with Crippen molar-refractivity contribution in [3.8, 4) is 17.0 Å². The van der Waals surface area contributed by atoms with E-state index in [9.17, 15) is 4.79 Å². The molecule has 0 radical (unpaired) electrons. The molecule has 1 aliphatic carbocycles. The molecule has 1 aliphatic heterocycles. The fourth-order valence-electron chi connectivity index (χ4n) is 5.33. The van der Waals surface area contributed by atoms with Crippen LogP contribution in [0.1, 0.15) is 17.0 Å². The predicted molar refractivity (Wildman–Crippen MR) is 140 cm³/mol. The van der Waals surface area contributed by atoms with E-state index in [2.05, 4.69) is 39.2 Å². The number of nitrogens with one attached hydrogen (secondary N) is 1. The maximum absolute atomic E-state index is 13.1. The number of aromatic amines is 1. The monoisotopic (exact) mass is 538 g/mol. The summed E-state index contributed by atoms with van der Waals surface area (Å²) in [6.07, 6.45) is 1.03. The summed E-state index contributed by atoms with van der Waals surface area (Å²) in [4.78, 5) is 26.0. The van der Waals surface area contributed by atoms with E-state index in [4.69, 9.17) is 37.4 Å². The molecule has 1 N–H and O–H groups in total. The van der Waals surface area contributed by atoms with Crippen molar-refractivity contribution in [3.05, 3.63) is 76.2 Å². The second kappa shape index (κ2) is 9.85. The number of nitrogens with zero attached hydrogens (tertiary/aromatic N) is 3.